The van der Waals surface area contributed by atoms with Gasteiger partial charge in [-0.05, 0) is 6.92 Å². The van der Waals surface area contributed by atoms with Gasteiger partial charge in [-0.25, -0.2) is 9.97 Å². The Hall–Kier alpha value is -1.65. The Morgan fingerprint density at radius 3 is 2.73 bits per heavy atom. The van der Waals surface area contributed by atoms with Crippen LogP contribution in [-0.2, 0) is 0 Å². The molecule has 1 aromatic rings. The zero-order valence-corrected chi connectivity index (χ0v) is 5.90. The van der Waals surface area contributed by atoms with Gasteiger partial charge >= 0.3 is 0 Å². The summed E-state index contributed by atoms with van der Waals surface area (Å²) < 4.78 is 0. The maximum Gasteiger partial charge on any atom is 0.271 e. The van der Waals surface area contributed by atoms with E-state index in [9.17, 15) is 4.79 Å². The second-order valence-corrected chi connectivity index (χ2v) is 2.02. The van der Waals surface area contributed by atoms with Gasteiger partial charge in [-0.2, -0.15) is 0 Å². The Bertz CT molecular complexity index is 298. The van der Waals surface area contributed by atoms with Crippen LogP contribution in [0.3, 0.4) is 0 Å². The highest BCUT2D eigenvalue weighted by Gasteiger charge is 2.10. The molecule has 5 nitrogen and oxygen atoms in total. The molecule has 0 aliphatic carbocycles. The number of hydrogen-bond donors (Lipinski definition) is 2. The van der Waals surface area contributed by atoms with Crippen molar-refractivity contribution in [2.45, 2.75) is 6.92 Å². The third-order valence-electron chi connectivity index (χ3n) is 1.24. The number of rotatable bonds is 1. The van der Waals surface area contributed by atoms with Crippen LogP contribution >= 0.6 is 0 Å². The highest BCUT2D eigenvalue weighted by atomic mass is 16.3. The van der Waals surface area contributed by atoms with Crippen LogP contribution in [0.25, 0.3) is 0 Å². The van der Waals surface area contributed by atoms with Gasteiger partial charge in [-0.15, -0.1) is 0 Å². The number of amides is 1. The predicted molar refractivity (Wildman–Crippen MR) is 37.0 cm³/mol. The van der Waals surface area contributed by atoms with Gasteiger partial charge in [0, 0.05) is 0 Å². The molecule has 1 rings (SSSR count). The van der Waals surface area contributed by atoms with Crippen molar-refractivity contribution in [1.29, 1.82) is 0 Å². The molecule has 58 valence electrons. The van der Waals surface area contributed by atoms with E-state index in [0.717, 1.165) is 0 Å². The zero-order valence-electron chi connectivity index (χ0n) is 5.90. The van der Waals surface area contributed by atoms with Gasteiger partial charge in [0.25, 0.3) is 5.91 Å². The van der Waals surface area contributed by atoms with Gasteiger partial charge in [-0.1, -0.05) is 0 Å². The number of carbonyl (C=O) groups excluding carboxylic acids is 1. The van der Waals surface area contributed by atoms with Gasteiger partial charge in [-0.3, -0.25) is 4.79 Å². The number of carbonyl (C=O) groups is 1. The molecular formula is C6H7N3O2. The van der Waals surface area contributed by atoms with E-state index in [1.165, 1.54) is 6.33 Å². The summed E-state index contributed by atoms with van der Waals surface area (Å²) in [6, 6.07) is 0. The Labute approximate surface area is 62.9 Å². The van der Waals surface area contributed by atoms with Crippen molar-refractivity contribution in [3.63, 3.8) is 0 Å². The number of nitrogens with two attached hydrogens (primary N) is 1. The smallest absolute Gasteiger partial charge is 0.271 e. The molecule has 0 saturated carbocycles. The van der Waals surface area contributed by atoms with Crippen molar-refractivity contribution < 1.29 is 9.90 Å². The van der Waals surface area contributed by atoms with Gasteiger partial charge in [0.1, 0.15) is 6.33 Å². The molecule has 0 aliphatic rings. The monoisotopic (exact) mass is 153 g/mol. The minimum atomic E-state index is -0.756. The van der Waals surface area contributed by atoms with Crippen molar-refractivity contribution in [2.75, 3.05) is 0 Å². The van der Waals surface area contributed by atoms with E-state index >= 15 is 0 Å². The lowest BCUT2D eigenvalue weighted by molar-refractivity contribution is 0.0992. The summed E-state index contributed by atoms with van der Waals surface area (Å²) in [4.78, 5) is 17.7. The quantitative estimate of drug-likeness (QED) is 0.573. The third kappa shape index (κ3) is 1.26. The molecule has 0 atom stereocenters. The van der Waals surface area contributed by atoms with Crippen LogP contribution in [-0.4, -0.2) is 21.0 Å². The molecule has 1 aromatic heterocycles. The highest BCUT2D eigenvalue weighted by molar-refractivity contribution is 5.93. The first-order valence-corrected chi connectivity index (χ1v) is 2.93. The zero-order chi connectivity index (χ0) is 8.43. The number of hydrogen-bond acceptors (Lipinski definition) is 4. The lowest BCUT2D eigenvalue weighted by atomic mass is 10.3. The topological polar surface area (TPSA) is 89.1 Å². The molecule has 11 heavy (non-hydrogen) atoms. The number of aromatic hydroxyl groups is 1. The fraction of sp³-hybridized carbons (Fsp3) is 0.167. The van der Waals surface area contributed by atoms with Crippen molar-refractivity contribution in [2.24, 2.45) is 5.73 Å². The molecule has 0 spiro atoms. The maximum atomic E-state index is 10.5. The van der Waals surface area contributed by atoms with Crippen LogP contribution in [0, 0.1) is 6.92 Å². The lowest BCUT2D eigenvalue weighted by Crippen LogP contribution is -2.13. The van der Waals surface area contributed by atoms with Crippen LogP contribution in [0.5, 0.6) is 5.75 Å². The summed E-state index contributed by atoms with van der Waals surface area (Å²) >= 11 is 0. The lowest BCUT2D eigenvalue weighted by Gasteiger charge is -1.99. The summed E-state index contributed by atoms with van der Waals surface area (Å²) in [5.41, 5.74) is 5.09. The van der Waals surface area contributed by atoms with Gasteiger partial charge in [0.15, 0.2) is 11.4 Å². The molecule has 5 heteroatoms. The maximum absolute atomic E-state index is 10.5. The number of primary amides is 1. The summed E-state index contributed by atoms with van der Waals surface area (Å²) in [5, 5.41) is 9.14. The molecule has 0 saturated heterocycles. The van der Waals surface area contributed by atoms with E-state index in [1.807, 2.05) is 0 Å². The molecule has 0 aromatic carbocycles. The molecule has 0 aliphatic heterocycles. The number of aryl methyl sites for hydroxylation is 1. The standard InChI is InChI=1S/C6H7N3O2/c1-3-5(10)4(6(7)11)9-2-8-3/h2,10H,1H3,(H2,7,11). The molecule has 1 amide bonds. The van der Waals surface area contributed by atoms with Crippen LogP contribution in [0.15, 0.2) is 6.33 Å². The second kappa shape index (κ2) is 2.53. The molecule has 1 heterocycles. The van der Waals surface area contributed by atoms with E-state index in [1.54, 1.807) is 6.92 Å². The first-order chi connectivity index (χ1) is 5.13. The average Bonchev–Trinajstić information content (AvgIpc) is 1.94. The van der Waals surface area contributed by atoms with Crippen molar-refractivity contribution in [3.05, 3.63) is 17.7 Å². The van der Waals surface area contributed by atoms with Crippen molar-refractivity contribution in [3.8, 4) is 5.75 Å². The van der Waals surface area contributed by atoms with E-state index < -0.39 is 5.91 Å². The molecule has 0 fully saturated rings. The normalized spacial score (nSPS) is 9.55. The minimum absolute atomic E-state index is 0.141. The van der Waals surface area contributed by atoms with Gasteiger partial charge in [0.2, 0.25) is 0 Å². The van der Waals surface area contributed by atoms with Crippen LogP contribution in [0.1, 0.15) is 16.2 Å². The summed E-state index contributed by atoms with van der Waals surface area (Å²) in [6.45, 7) is 1.56. The molecular weight excluding hydrogens is 146 g/mol. The summed E-state index contributed by atoms with van der Waals surface area (Å²) in [6.07, 6.45) is 1.18. The summed E-state index contributed by atoms with van der Waals surface area (Å²) in [7, 11) is 0. The Morgan fingerprint density at radius 2 is 2.27 bits per heavy atom. The van der Waals surface area contributed by atoms with Crippen LogP contribution < -0.4 is 5.73 Å². The fourth-order valence-corrected chi connectivity index (χ4v) is 0.647. The van der Waals surface area contributed by atoms with Crippen molar-refractivity contribution in [1.82, 2.24) is 9.97 Å². The van der Waals surface area contributed by atoms with E-state index in [2.05, 4.69) is 9.97 Å². The summed E-state index contributed by atoms with van der Waals surface area (Å²) in [5.74, 6) is -1.01. The van der Waals surface area contributed by atoms with Gasteiger partial charge < -0.3 is 10.8 Å². The Kier molecular flexibility index (Phi) is 1.72. The average molecular weight is 153 g/mol. The first kappa shape index (κ1) is 7.46. The SMILES string of the molecule is Cc1ncnc(C(N)=O)c1O. The largest absolute Gasteiger partial charge is 0.504 e. The number of nitrogens with zero attached hydrogens (tertiary/aromatic N) is 2. The Morgan fingerprint density at radius 1 is 1.64 bits per heavy atom. The fourth-order valence-electron chi connectivity index (χ4n) is 0.647. The minimum Gasteiger partial charge on any atom is -0.504 e. The third-order valence-corrected chi connectivity index (χ3v) is 1.24. The molecule has 0 radical (unpaired) electrons. The van der Waals surface area contributed by atoms with E-state index in [4.69, 9.17) is 10.8 Å². The molecule has 0 unspecified atom stereocenters. The van der Waals surface area contributed by atoms with Crippen molar-refractivity contribution >= 4 is 5.91 Å². The predicted octanol–water partition coefficient (Wildman–Crippen LogP) is -0.410. The number of aromatic nitrogens is 2. The van der Waals surface area contributed by atoms with E-state index in [0.29, 0.717) is 5.69 Å². The Balaban J connectivity index is 3.27. The van der Waals surface area contributed by atoms with Crippen LogP contribution in [0.4, 0.5) is 0 Å². The highest BCUT2D eigenvalue weighted by Crippen LogP contribution is 2.15. The van der Waals surface area contributed by atoms with E-state index in [-0.39, 0.29) is 11.4 Å². The molecule has 0 bridgehead atoms. The van der Waals surface area contributed by atoms with Gasteiger partial charge in [0.05, 0.1) is 5.69 Å². The second-order valence-electron chi connectivity index (χ2n) is 2.02. The first-order valence-electron chi connectivity index (χ1n) is 2.93. The van der Waals surface area contributed by atoms with Crippen LogP contribution in [0.2, 0.25) is 0 Å². The molecule has 3 N–H and O–H groups in total.